The average molecular weight is 261 g/mol. The zero-order valence-corrected chi connectivity index (χ0v) is 12.0. The van der Waals surface area contributed by atoms with Crippen molar-refractivity contribution in [1.82, 2.24) is 9.55 Å². The van der Waals surface area contributed by atoms with Crippen molar-refractivity contribution in [3.63, 3.8) is 0 Å². The number of fused-ring (bicyclic) bond motifs is 1. The molecule has 0 bridgehead atoms. The summed E-state index contributed by atoms with van der Waals surface area (Å²) in [6.45, 7) is 5.72. The molecule has 1 aromatic carbocycles. The fraction of sp³-hybridized carbons (Fsp3) is 0.533. The van der Waals surface area contributed by atoms with Crippen molar-refractivity contribution in [1.29, 1.82) is 0 Å². The first-order valence-corrected chi connectivity index (χ1v) is 6.86. The van der Waals surface area contributed by atoms with Crippen LogP contribution >= 0.6 is 0 Å². The Balaban J connectivity index is 2.40. The molecule has 4 heteroatoms. The van der Waals surface area contributed by atoms with Crippen LogP contribution in [0, 0.1) is 0 Å². The molecule has 19 heavy (non-hydrogen) atoms. The molecule has 0 amide bonds. The minimum absolute atomic E-state index is 0.409. The van der Waals surface area contributed by atoms with Gasteiger partial charge in [-0.1, -0.05) is 6.07 Å². The number of nitrogens with zero attached hydrogens (tertiary/aromatic N) is 2. The zero-order valence-electron chi connectivity index (χ0n) is 12.0. The van der Waals surface area contributed by atoms with Crippen molar-refractivity contribution >= 4 is 11.0 Å². The summed E-state index contributed by atoms with van der Waals surface area (Å²) in [6, 6.07) is 6.71. The van der Waals surface area contributed by atoms with Crippen LogP contribution in [0.25, 0.3) is 11.0 Å². The first kappa shape index (κ1) is 14.0. The second-order valence-electron chi connectivity index (χ2n) is 5.12. The Bertz CT molecular complexity index is 546. The molecule has 0 atom stereocenters. The van der Waals surface area contributed by atoms with Crippen molar-refractivity contribution in [2.24, 2.45) is 5.73 Å². The van der Waals surface area contributed by atoms with Gasteiger partial charge in [0.1, 0.15) is 5.82 Å². The van der Waals surface area contributed by atoms with Gasteiger partial charge in [0.25, 0.3) is 0 Å². The van der Waals surface area contributed by atoms with E-state index in [2.05, 4.69) is 36.6 Å². The number of rotatable bonds is 6. The molecule has 0 saturated heterocycles. The van der Waals surface area contributed by atoms with Gasteiger partial charge in [0.05, 0.1) is 11.0 Å². The van der Waals surface area contributed by atoms with Crippen molar-refractivity contribution in [2.75, 3.05) is 13.7 Å². The summed E-state index contributed by atoms with van der Waals surface area (Å²) in [7, 11) is 1.74. The molecule has 4 nitrogen and oxygen atoms in total. The summed E-state index contributed by atoms with van der Waals surface area (Å²) < 4.78 is 7.43. The van der Waals surface area contributed by atoms with Crippen LogP contribution in [-0.4, -0.2) is 23.3 Å². The molecule has 0 aliphatic heterocycles. The Morgan fingerprint density at radius 3 is 2.79 bits per heavy atom. The van der Waals surface area contributed by atoms with E-state index in [1.54, 1.807) is 7.11 Å². The lowest BCUT2D eigenvalue weighted by Crippen LogP contribution is -2.07. The lowest BCUT2D eigenvalue weighted by molar-refractivity contribution is 0.194. The van der Waals surface area contributed by atoms with E-state index in [9.17, 15) is 0 Å². The van der Waals surface area contributed by atoms with E-state index in [-0.39, 0.29) is 0 Å². The van der Waals surface area contributed by atoms with Crippen molar-refractivity contribution in [3.05, 3.63) is 29.6 Å². The van der Waals surface area contributed by atoms with Crippen molar-refractivity contribution in [2.45, 2.75) is 39.3 Å². The van der Waals surface area contributed by atoms with Gasteiger partial charge in [-0.3, -0.25) is 0 Å². The van der Waals surface area contributed by atoms with Crippen LogP contribution in [-0.2, 0) is 17.7 Å². The fourth-order valence-corrected chi connectivity index (χ4v) is 2.45. The highest BCUT2D eigenvalue weighted by Crippen LogP contribution is 2.23. The smallest absolute Gasteiger partial charge is 0.110 e. The quantitative estimate of drug-likeness (QED) is 0.813. The van der Waals surface area contributed by atoms with E-state index in [0.29, 0.717) is 12.6 Å². The predicted molar refractivity (Wildman–Crippen MR) is 78.2 cm³/mol. The van der Waals surface area contributed by atoms with Gasteiger partial charge in [0.2, 0.25) is 0 Å². The summed E-state index contributed by atoms with van der Waals surface area (Å²) in [5.41, 5.74) is 9.06. The van der Waals surface area contributed by atoms with E-state index in [1.807, 2.05) is 0 Å². The molecule has 0 radical (unpaired) electrons. The maximum absolute atomic E-state index is 5.69. The minimum atomic E-state index is 0.409. The van der Waals surface area contributed by atoms with Gasteiger partial charge in [-0.05, 0) is 38.0 Å². The third-order valence-corrected chi connectivity index (χ3v) is 3.33. The molecule has 2 rings (SSSR count). The molecule has 0 unspecified atom stereocenters. The number of methoxy groups -OCH3 is 1. The van der Waals surface area contributed by atoms with Gasteiger partial charge in [-0.25, -0.2) is 4.98 Å². The first-order valence-electron chi connectivity index (χ1n) is 6.86. The Kier molecular flexibility index (Phi) is 4.56. The number of aromatic nitrogens is 2. The zero-order chi connectivity index (χ0) is 13.8. The molecule has 2 N–H and O–H groups in total. The summed E-state index contributed by atoms with van der Waals surface area (Å²) in [5.74, 6) is 1.14. The number of imidazole rings is 1. The van der Waals surface area contributed by atoms with Crippen molar-refractivity contribution in [3.8, 4) is 0 Å². The van der Waals surface area contributed by atoms with Gasteiger partial charge >= 0.3 is 0 Å². The topological polar surface area (TPSA) is 53.1 Å². The second kappa shape index (κ2) is 6.17. The molecule has 0 aliphatic rings. The highest BCUT2D eigenvalue weighted by atomic mass is 16.5. The Labute approximate surface area is 114 Å². The highest BCUT2D eigenvalue weighted by molar-refractivity contribution is 5.77. The number of aryl methyl sites for hydroxylation is 1. The number of hydrogen-bond acceptors (Lipinski definition) is 3. The van der Waals surface area contributed by atoms with Crippen LogP contribution in [0.3, 0.4) is 0 Å². The molecule has 0 saturated carbocycles. The average Bonchev–Trinajstić information content (AvgIpc) is 2.76. The van der Waals surface area contributed by atoms with E-state index in [1.165, 1.54) is 5.52 Å². The highest BCUT2D eigenvalue weighted by Gasteiger charge is 2.13. The summed E-state index contributed by atoms with van der Waals surface area (Å²) >= 11 is 0. The standard InChI is InChI=1S/C15H23N3O/c1-11(2)18-14-7-6-12(10-16)9-13(14)17-15(18)5-4-8-19-3/h6-7,9,11H,4-5,8,10,16H2,1-3H3. The Morgan fingerprint density at radius 2 is 2.16 bits per heavy atom. The maximum Gasteiger partial charge on any atom is 0.110 e. The number of benzene rings is 1. The van der Waals surface area contributed by atoms with Crippen LogP contribution < -0.4 is 5.73 Å². The Morgan fingerprint density at radius 1 is 1.37 bits per heavy atom. The predicted octanol–water partition coefficient (Wildman–Crippen LogP) is 2.65. The van der Waals surface area contributed by atoms with E-state index >= 15 is 0 Å². The minimum Gasteiger partial charge on any atom is -0.385 e. The molecule has 1 aromatic heterocycles. The lowest BCUT2D eigenvalue weighted by atomic mass is 10.2. The van der Waals surface area contributed by atoms with Gasteiger partial charge in [-0.2, -0.15) is 0 Å². The molecule has 2 aromatic rings. The molecular formula is C15H23N3O. The fourth-order valence-electron chi connectivity index (χ4n) is 2.45. The van der Waals surface area contributed by atoms with E-state index in [0.717, 1.165) is 36.4 Å². The van der Waals surface area contributed by atoms with Crippen LogP contribution in [0.15, 0.2) is 18.2 Å². The number of ether oxygens (including phenoxy) is 1. The summed E-state index contributed by atoms with van der Waals surface area (Å²) in [6.07, 6.45) is 1.94. The Hall–Kier alpha value is -1.39. The lowest BCUT2D eigenvalue weighted by Gasteiger charge is -2.13. The molecule has 1 heterocycles. The molecule has 0 fully saturated rings. The summed E-state index contributed by atoms with van der Waals surface area (Å²) in [4.78, 5) is 4.77. The van der Waals surface area contributed by atoms with Crippen LogP contribution in [0.5, 0.6) is 0 Å². The number of nitrogens with two attached hydrogens (primary N) is 1. The molecule has 0 spiro atoms. The molecular weight excluding hydrogens is 238 g/mol. The van der Waals surface area contributed by atoms with Crippen LogP contribution in [0.2, 0.25) is 0 Å². The van der Waals surface area contributed by atoms with Crippen LogP contribution in [0.4, 0.5) is 0 Å². The van der Waals surface area contributed by atoms with Gasteiger partial charge in [0.15, 0.2) is 0 Å². The number of hydrogen-bond donors (Lipinski definition) is 1. The monoisotopic (exact) mass is 261 g/mol. The van der Waals surface area contributed by atoms with Crippen molar-refractivity contribution < 1.29 is 4.74 Å². The van der Waals surface area contributed by atoms with Crippen LogP contribution in [0.1, 0.15) is 37.7 Å². The molecule has 0 aliphatic carbocycles. The largest absolute Gasteiger partial charge is 0.385 e. The SMILES string of the molecule is COCCCc1nc2cc(CN)ccc2n1C(C)C. The van der Waals surface area contributed by atoms with E-state index in [4.69, 9.17) is 15.5 Å². The molecule has 104 valence electrons. The normalized spacial score (nSPS) is 11.6. The third-order valence-electron chi connectivity index (χ3n) is 3.33. The maximum atomic E-state index is 5.69. The van der Waals surface area contributed by atoms with E-state index < -0.39 is 0 Å². The second-order valence-corrected chi connectivity index (χ2v) is 5.12. The summed E-state index contributed by atoms with van der Waals surface area (Å²) in [5, 5.41) is 0. The van der Waals surface area contributed by atoms with Gasteiger partial charge in [-0.15, -0.1) is 0 Å². The third kappa shape index (κ3) is 2.96. The van der Waals surface area contributed by atoms with Gasteiger partial charge < -0.3 is 15.0 Å². The van der Waals surface area contributed by atoms with Gasteiger partial charge in [0, 0.05) is 32.7 Å². The first-order chi connectivity index (χ1) is 9.17.